The van der Waals surface area contributed by atoms with Crippen LogP contribution in [0.25, 0.3) is 0 Å². The Bertz CT molecular complexity index is 948. The lowest BCUT2D eigenvalue weighted by Gasteiger charge is -2.26. The molecule has 4 atom stereocenters. The standard InChI is InChI=1S/C27H39NO10/c1-36-24(31)14-17(7-8-19(13-23(29)30)15-25(32)37-2)9-10-20(16-26(33)38-3)22(27(34)35)12-18-5-4-6-21(28)11-18/h4-6,11,17,19-20,22H,7-10,12-16,28H2,1-3H3,(H,29,30)(H,34,35). The van der Waals surface area contributed by atoms with Crippen molar-refractivity contribution in [2.24, 2.45) is 23.7 Å². The number of anilines is 1. The van der Waals surface area contributed by atoms with Crippen molar-refractivity contribution in [3.05, 3.63) is 29.8 Å². The molecule has 4 unspecified atom stereocenters. The molecule has 4 N–H and O–H groups in total. The van der Waals surface area contributed by atoms with Gasteiger partial charge in [-0.25, -0.2) is 0 Å². The fourth-order valence-electron chi connectivity index (χ4n) is 4.60. The second-order valence-corrected chi connectivity index (χ2v) is 9.48. The van der Waals surface area contributed by atoms with Gasteiger partial charge in [-0.05, 0) is 67.6 Å². The lowest BCUT2D eigenvalue weighted by atomic mass is 9.78. The molecule has 0 aliphatic carbocycles. The number of carboxylic acid groups (broad SMARTS) is 2. The number of methoxy groups -OCH3 is 3. The van der Waals surface area contributed by atoms with Crippen molar-refractivity contribution in [3.8, 4) is 0 Å². The van der Waals surface area contributed by atoms with Gasteiger partial charge < -0.3 is 30.2 Å². The van der Waals surface area contributed by atoms with Crippen molar-refractivity contribution < 1.29 is 48.4 Å². The fourth-order valence-corrected chi connectivity index (χ4v) is 4.60. The van der Waals surface area contributed by atoms with Gasteiger partial charge in [0.25, 0.3) is 0 Å². The first kappa shape index (κ1) is 32.4. The summed E-state index contributed by atoms with van der Waals surface area (Å²) in [6.45, 7) is 0. The molecule has 0 amide bonds. The van der Waals surface area contributed by atoms with Crippen LogP contribution in [0.4, 0.5) is 5.69 Å². The summed E-state index contributed by atoms with van der Waals surface area (Å²) >= 11 is 0. The molecule has 1 aromatic carbocycles. The third kappa shape index (κ3) is 12.6. The van der Waals surface area contributed by atoms with Crippen molar-refractivity contribution in [2.75, 3.05) is 27.1 Å². The molecular weight excluding hydrogens is 498 g/mol. The predicted octanol–water partition coefficient (Wildman–Crippen LogP) is 3.09. The van der Waals surface area contributed by atoms with Crippen LogP contribution < -0.4 is 5.73 Å². The molecule has 1 aromatic rings. The van der Waals surface area contributed by atoms with Crippen molar-refractivity contribution in [3.63, 3.8) is 0 Å². The Labute approximate surface area is 222 Å². The SMILES string of the molecule is COC(=O)CC(CCC(CC(=O)O)CC(=O)OC)CCC(CC(=O)OC)C(Cc1cccc(N)c1)C(=O)O. The minimum absolute atomic E-state index is 0.0341. The second kappa shape index (κ2) is 17.0. The smallest absolute Gasteiger partial charge is 0.307 e. The van der Waals surface area contributed by atoms with Crippen molar-refractivity contribution >= 4 is 35.5 Å². The lowest BCUT2D eigenvalue weighted by molar-refractivity contribution is -0.148. The molecule has 11 nitrogen and oxygen atoms in total. The Morgan fingerprint density at radius 1 is 0.763 bits per heavy atom. The number of carbonyl (C=O) groups excluding carboxylic acids is 3. The number of hydrogen-bond donors (Lipinski definition) is 3. The normalized spacial score (nSPS) is 14.0. The van der Waals surface area contributed by atoms with E-state index in [9.17, 15) is 34.2 Å². The Morgan fingerprint density at radius 2 is 1.29 bits per heavy atom. The van der Waals surface area contributed by atoms with Crippen LogP contribution in [0.15, 0.2) is 24.3 Å². The van der Waals surface area contributed by atoms with Gasteiger partial charge in [-0.2, -0.15) is 0 Å². The second-order valence-electron chi connectivity index (χ2n) is 9.48. The number of benzene rings is 1. The first-order chi connectivity index (χ1) is 18.0. The van der Waals surface area contributed by atoms with Crippen LogP contribution in [0.2, 0.25) is 0 Å². The quantitative estimate of drug-likeness (QED) is 0.142. The van der Waals surface area contributed by atoms with Gasteiger partial charge in [-0.15, -0.1) is 0 Å². The van der Waals surface area contributed by atoms with E-state index in [-0.39, 0.29) is 38.0 Å². The monoisotopic (exact) mass is 537 g/mol. The van der Waals surface area contributed by atoms with Crippen molar-refractivity contribution in [2.45, 2.75) is 57.8 Å². The van der Waals surface area contributed by atoms with Gasteiger partial charge in [-0.1, -0.05) is 12.1 Å². The topological polar surface area (TPSA) is 180 Å². The number of carbonyl (C=O) groups is 5. The van der Waals surface area contributed by atoms with E-state index in [1.165, 1.54) is 21.3 Å². The van der Waals surface area contributed by atoms with Gasteiger partial charge in [0.2, 0.25) is 0 Å². The zero-order valence-corrected chi connectivity index (χ0v) is 22.2. The molecule has 0 heterocycles. The van der Waals surface area contributed by atoms with Crippen molar-refractivity contribution in [1.29, 1.82) is 0 Å². The highest BCUT2D eigenvalue weighted by Crippen LogP contribution is 2.32. The number of ether oxygens (including phenoxy) is 3. The van der Waals surface area contributed by atoms with Gasteiger partial charge in [0.15, 0.2) is 0 Å². The summed E-state index contributed by atoms with van der Waals surface area (Å²) < 4.78 is 14.3. The maximum atomic E-state index is 12.3. The zero-order valence-electron chi connectivity index (χ0n) is 22.2. The van der Waals surface area contributed by atoms with E-state index in [1.54, 1.807) is 24.3 Å². The summed E-state index contributed by atoms with van der Waals surface area (Å²) in [4.78, 5) is 59.5. The minimum Gasteiger partial charge on any atom is -0.481 e. The third-order valence-electron chi connectivity index (χ3n) is 6.71. The first-order valence-electron chi connectivity index (χ1n) is 12.5. The van der Waals surface area contributed by atoms with E-state index in [4.69, 9.17) is 15.2 Å². The molecule has 38 heavy (non-hydrogen) atoms. The Balaban J connectivity index is 3.08. The van der Waals surface area contributed by atoms with Crippen LogP contribution in [0.3, 0.4) is 0 Å². The van der Waals surface area contributed by atoms with E-state index in [0.29, 0.717) is 31.4 Å². The van der Waals surface area contributed by atoms with E-state index < -0.39 is 47.6 Å². The van der Waals surface area contributed by atoms with Crippen LogP contribution in [0, 0.1) is 23.7 Å². The van der Waals surface area contributed by atoms with Gasteiger partial charge in [0.1, 0.15) is 0 Å². The molecule has 0 radical (unpaired) electrons. The molecule has 212 valence electrons. The van der Waals surface area contributed by atoms with Gasteiger partial charge in [-0.3, -0.25) is 24.0 Å². The highest BCUT2D eigenvalue weighted by Gasteiger charge is 2.32. The van der Waals surface area contributed by atoms with Gasteiger partial charge in [0.05, 0.1) is 27.2 Å². The molecule has 0 saturated carbocycles. The maximum absolute atomic E-state index is 12.3. The number of nitrogen functional groups attached to an aromatic ring is 1. The number of rotatable bonds is 18. The molecule has 1 rings (SSSR count). The lowest BCUT2D eigenvalue weighted by Crippen LogP contribution is -2.29. The molecule has 0 aromatic heterocycles. The Hall–Kier alpha value is -3.63. The number of aliphatic carboxylic acids is 2. The molecule has 11 heteroatoms. The summed E-state index contributed by atoms with van der Waals surface area (Å²) in [7, 11) is 3.72. The maximum Gasteiger partial charge on any atom is 0.307 e. The number of esters is 3. The van der Waals surface area contributed by atoms with Crippen LogP contribution in [0.1, 0.15) is 56.9 Å². The van der Waals surface area contributed by atoms with Gasteiger partial charge in [0, 0.05) is 31.4 Å². The summed E-state index contributed by atoms with van der Waals surface area (Å²) in [6, 6.07) is 6.88. The predicted molar refractivity (Wildman–Crippen MR) is 137 cm³/mol. The van der Waals surface area contributed by atoms with E-state index >= 15 is 0 Å². The highest BCUT2D eigenvalue weighted by atomic mass is 16.5. The molecule has 0 spiro atoms. The third-order valence-corrected chi connectivity index (χ3v) is 6.71. The molecular formula is C27H39NO10. The van der Waals surface area contributed by atoms with E-state index in [2.05, 4.69) is 4.74 Å². The molecule has 0 aliphatic rings. The van der Waals surface area contributed by atoms with Gasteiger partial charge >= 0.3 is 29.8 Å². The number of nitrogens with two attached hydrogens (primary N) is 1. The van der Waals surface area contributed by atoms with E-state index in [0.717, 1.165) is 5.56 Å². The largest absolute Gasteiger partial charge is 0.481 e. The minimum atomic E-state index is -1.06. The molecule has 0 bridgehead atoms. The van der Waals surface area contributed by atoms with Crippen LogP contribution >= 0.6 is 0 Å². The Morgan fingerprint density at radius 3 is 1.82 bits per heavy atom. The summed E-state index contributed by atoms with van der Waals surface area (Å²) in [5.74, 6) is -5.91. The summed E-state index contributed by atoms with van der Waals surface area (Å²) in [6.07, 6.45) is 1.21. The summed E-state index contributed by atoms with van der Waals surface area (Å²) in [5, 5.41) is 19.2. The zero-order chi connectivity index (χ0) is 28.7. The number of carboxylic acids is 2. The average molecular weight is 538 g/mol. The molecule has 0 fully saturated rings. The molecule has 0 aliphatic heterocycles. The number of hydrogen-bond acceptors (Lipinski definition) is 9. The van der Waals surface area contributed by atoms with Crippen LogP contribution in [0.5, 0.6) is 0 Å². The first-order valence-corrected chi connectivity index (χ1v) is 12.5. The fraction of sp³-hybridized carbons (Fsp3) is 0.593. The average Bonchev–Trinajstić information content (AvgIpc) is 2.86. The van der Waals surface area contributed by atoms with Crippen molar-refractivity contribution in [1.82, 2.24) is 0 Å². The molecule has 0 saturated heterocycles. The van der Waals surface area contributed by atoms with E-state index in [1.807, 2.05) is 0 Å². The Kier molecular flexibility index (Phi) is 14.5. The van der Waals surface area contributed by atoms with Crippen LogP contribution in [-0.2, 0) is 44.6 Å². The summed E-state index contributed by atoms with van der Waals surface area (Å²) in [5.41, 5.74) is 7.06. The highest BCUT2D eigenvalue weighted by molar-refractivity contribution is 5.74. The van der Waals surface area contributed by atoms with Crippen LogP contribution in [-0.4, -0.2) is 61.4 Å².